The smallest absolute Gasteiger partial charge is 0.407 e. The molecule has 3 saturated heterocycles. The minimum atomic E-state index is -1.88. The van der Waals surface area contributed by atoms with Crippen LogP contribution in [-0.2, 0) is 19.9 Å². The minimum Gasteiger partial charge on any atom is -0.453 e. The number of nitrogens with zero attached hydrogens (tertiary/aromatic N) is 1. The maximum absolute atomic E-state index is 13.6. The van der Waals surface area contributed by atoms with Gasteiger partial charge in [-0.05, 0) is 31.9 Å². The Kier molecular flexibility index (Phi) is 7.20. The van der Waals surface area contributed by atoms with Crippen LogP contribution >= 0.6 is 0 Å². The Hall–Kier alpha value is -2.90. The van der Waals surface area contributed by atoms with Gasteiger partial charge in [0.15, 0.2) is 6.10 Å². The summed E-state index contributed by atoms with van der Waals surface area (Å²) in [6.45, 7) is 9.46. The fourth-order valence-electron chi connectivity index (χ4n) is 5.36. The zero-order valence-electron chi connectivity index (χ0n) is 20.9. The Bertz CT molecular complexity index is 971. The second kappa shape index (κ2) is 9.99. The number of ether oxygens (including phenoxy) is 2. The summed E-state index contributed by atoms with van der Waals surface area (Å²) in [5.41, 5.74) is -1.43. The van der Waals surface area contributed by atoms with E-state index < -0.39 is 23.3 Å². The third-order valence-corrected chi connectivity index (χ3v) is 7.23. The summed E-state index contributed by atoms with van der Waals surface area (Å²) in [5.74, 6) is -0.354. The molecular weight excluding hydrogens is 444 g/mol. The number of fused-ring (bicyclic) bond motifs is 3. The Balaban J connectivity index is 1.45. The summed E-state index contributed by atoms with van der Waals surface area (Å²) in [5, 5.41) is 14.6. The molecule has 0 aliphatic carbocycles. The first-order valence-corrected chi connectivity index (χ1v) is 12.5. The number of aliphatic hydroxyl groups is 1. The molecular formula is C28H37N2O5+. The van der Waals surface area contributed by atoms with Crippen molar-refractivity contribution in [3.8, 4) is 0 Å². The first-order valence-electron chi connectivity index (χ1n) is 12.5. The molecule has 7 nitrogen and oxygen atoms in total. The van der Waals surface area contributed by atoms with Crippen molar-refractivity contribution in [3.05, 3.63) is 71.8 Å². The van der Waals surface area contributed by atoms with E-state index in [0.717, 1.165) is 37.0 Å². The molecule has 3 aliphatic heterocycles. The Labute approximate surface area is 207 Å². The zero-order chi connectivity index (χ0) is 25.1. The highest BCUT2D eigenvalue weighted by Gasteiger charge is 2.50. The number of benzene rings is 2. The molecule has 0 spiro atoms. The van der Waals surface area contributed by atoms with Crippen molar-refractivity contribution in [3.63, 3.8) is 0 Å². The van der Waals surface area contributed by atoms with Gasteiger partial charge in [-0.15, -0.1) is 0 Å². The molecule has 35 heavy (non-hydrogen) atoms. The van der Waals surface area contributed by atoms with Crippen molar-refractivity contribution in [1.82, 2.24) is 5.32 Å². The van der Waals surface area contributed by atoms with Crippen molar-refractivity contribution in [2.75, 3.05) is 32.7 Å². The molecule has 188 valence electrons. The van der Waals surface area contributed by atoms with Crippen LogP contribution in [0.1, 0.15) is 44.7 Å². The van der Waals surface area contributed by atoms with E-state index >= 15 is 0 Å². The lowest BCUT2D eigenvalue weighted by Crippen LogP contribution is -2.66. The van der Waals surface area contributed by atoms with E-state index in [1.54, 1.807) is 24.3 Å². The van der Waals surface area contributed by atoms with E-state index in [9.17, 15) is 14.7 Å². The third kappa shape index (κ3) is 5.68. The second-order valence-corrected chi connectivity index (χ2v) is 10.8. The molecule has 7 heteroatoms. The number of hydrogen-bond acceptors (Lipinski definition) is 5. The van der Waals surface area contributed by atoms with E-state index in [1.807, 2.05) is 57.2 Å². The SMILES string of the molecule is CC(C)(C)OC(=O)NCC[N+]12CCC(CC1)C(OC(=O)C(O)(c1ccccc1)c1ccccc1)C2. The van der Waals surface area contributed by atoms with Crippen LogP contribution in [0, 0.1) is 5.92 Å². The lowest BCUT2D eigenvalue weighted by Gasteiger charge is -2.52. The van der Waals surface area contributed by atoms with Gasteiger partial charge in [-0.25, -0.2) is 9.59 Å². The summed E-state index contributed by atoms with van der Waals surface area (Å²) < 4.78 is 12.2. The number of alkyl carbamates (subject to hydrolysis) is 1. The number of rotatable bonds is 7. The number of amides is 1. The zero-order valence-corrected chi connectivity index (χ0v) is 20.9. The van der Waals surface area contributed by atoms with Gasteiger partial charge in [0, 0.05) is 18.8 Å². The van der Waals surface area contributed by atoms with Crippen LogP contribution in [0.5, 0.6) is 0 Å². The lowest BCUT2D eigenvalue weighted by molar-refractivity contribution is -0.945. The van der Waals surface area contributed by atoms with Crippen molar-refractivity contribution in [2.45, 2.75) is 50.9 Å². The highest BCUT2D eigenvalue weighted by Crippen LogP contribution is 2.38. The summed E-state index contributed by atoms with van der Waals surface area (Å²) in [6.07, 6.45) is 1.23. The first kappa shape index (κ1) is 25.2. The molecule has 2 aromatic rings. The molecule has 0 saturated carbocycles. The van der Waals surface area contributed by atoms with Crippen molar-refractivity contribution in [1.29, 1.82) is 0 Å². The summed E-state index contributed by atoms with van der Waals surface area (Å²) in [6, 6.07) is 17.9. The molecule has 1 atom stereocenters. The third-order valence-electron chi connectivity index (χ3n) is 7.23. The number of carbonyl (C=O) groups is 2. The first-order chi connectivity index (χ1) is 16.6. The molecule has 3 heterocycles. The normalized spacial score (nSPS) is 24.0. The fourth-order valence-corrected chi connectivity index (χ4v) is 5.36. The van der Waals surface area contributed by atoms with Crippen LogP contribution in [0.4, 0.5) is 4.79 Å². The maximum Gasteiger partial charge on any atom is 0.407 e. The van der Waals surface area contributed by atoms with Crippen LogP contribution in [-0.4, -0.2) is 66.1 Å². The molecule has 1 unspecified atom stereocenters. The Morgan fingerprint density at radius 1 is 0.971 bits per heavy atom. The molecule has 0 aromatic heterocycles. The topological polar surface area (TPSA) is 84.9 Å². The molecule has 3 aliphatic rings. The molecule has 3 fully saturated rings. The lowest BCUT2D eigenvalue weighted by atomic mass is 9.82. The van der Waals surface area contributed by atoms with E-state index in [2.05, 4.69) is 5.32 Å². The molecule has 1 amide bonds. The van der Waals surface area contributed by atoms with Crippen LogP contribution < -0.4 is 5.32 Å². The van der Waals surface area contributed by atoms with Gasteiger partial charge in [0.2, 0.25) is 5.60 Å². The van der Waals surface area contributed by atoms with Gasteiger partial charge in [-0.2, -0.15) is 0 Å². The standard InChI is InChI=1S/C28H36N2O5/c1-27(2,3)35-26(32)29-16-19-30-17-14-21(15-18-30)24(20-30)34-25(31)28(33,22-10-6-4-7-11-22)23-12-8-5-9-13-23/h4-13,21,24,33H,14-20H2,1-3H3/p+1. The van der Waals surface area contributed by atoms with Crippen LogP contribution in [0.3, 0.4) is 0 Å². The van der Waals surface area contributed by atoms with Gasteiger partial charge >= 0.3 is 12.1 Å². The van der Waals surface area contributed by atoms with Crippen molar-refractivity contribution < 1.29 is 28.7 Å². The molecule has 5 rings (SSSR count). The van der Waals surface area contributed by atoms with Gasteiger partial charge < -0.3 is 24.4 Å². The van der Waals surface area contributed by atoms with Crippen LogP contribution in [0.25, 0.3) is 0 Å². The second-order valence-electron chi connectivity index (χ2n) is 10.8. The molecule has 0 radical (unpaired) electrons. The van der Waals surface area contributed by atoms with E-state index in [-0.39, 0.29) is 12.0 Å². The van der Waals surface area contributed by atoms with E-state index in [4.69, 9.17) is 9.47 Å². The average Bonchev–Trinajstić information content (AvgIpc) is 2.84. The van der Waals surface area contributed by atoms with Crippen molar-refractivity contribution in [2.24, 2.45) is 5.92 Å². The number of carbonyl (C=O) groups excluding carboxylic acids is 2. The summed E-state index contributed by atoms with van der Waals surface area (Å²) >= 11 is 0. The Morgan fingerprint density at radius 3 is 2.03 bits per heavy atom. The predicted molar refractivity (Wildman–Crippen MR) is 132 cm³/mol. The highest BCUT2D eigenvalue weighted by molar-refractivity contribution is 5.85. The largest absolute Gasteiger partial charge is 0.453 e. The Morgan fingerprint density at radius 2 is 1.51 bits per heavy atom. The number of nitrogens with one attached hydrogen (secondary N) is 1. The van der Waals surface area contributed by atoms with Gasteiger partial charge in [-0.1, -0.05) is 60.7 Å². The number of piperidine rings is 3. The summed E-state index contributed by atoms with van der Waals surface area (Å²) in [7, 11) is 0. The number of esters is 1. The maximum atomic E-state index is 13.6. The number of quaternary nitrogens is 1. The van der Waals surface area contributed by atoms with Gasteiger partial charge in [-0.3, -0.25) is 0 Å². The number of hydrogen-bond donors (Lipinski definition) is 2. The minimum absolute atomic E-state index is 0.273. The van der Waals surface area contributed by atoms with Crippen LogP contribution in [0.2, 0.25) is 0 Å². The van der Waals surface area contributed by atoms with Crippen molar-refractivity contribution >= 4 is 12.1 Å². The summed E-state index contributed by atoms with van der Waals surface area (Å²) in [4.78, 5) is 25.7. The molecule has 2 aromatic carbocycles. The fraction of sp³-hybridized carbons (Fsp3) is 0.500. The van der Waals surface area contributed by atoms with Gasteiger partial charge in [0.05, 0.1) is 26.2 Å². The van der Waals surface area contributed by atoms with Crippen LogP contribution in [0.15, 0.2) is 60.7 Å². The molecule has 2 bridgehead atoms. The van der Waals surface area contributed by atoms with Gasteiger partial charge in [0.1, 0.15) is 12.1 Å². The quantitative estimate of drug-likeness (QED) is 0.466. The highest BCUT2D eigenvalue weighted by atomic mass is 16.6. The van der Waals surface area contributed by atoms with E-state index in [1.165, 1.54) is 0 Å². The monoisotopic (exact) mass is 481 g/mol. The van der Waals surface area contributed by atoms with E-state index in [0.29, 0.717) is 24.2 Å². The average molecular weight is 482 g/mol. The predicted octanol–water partition coefficient (Wildman–Crippen LogP) is 3.60. The molecule has 2 N–H and O–H groups in total. The van der Waals surface area contributed by atoms with Gasteiger partial charge in [0.25, 0.3) is 0 Å².